The number of benzene rings is 2. The van der Waals surface area contributed by atoms with Crippen LogP contribution in [0.15, 0.2) is 54.6 Å². The van der Waals surface area contributed by atoms with Crippen LogP contribution in [-0.2, 0) is 31.9 Å². The van der Waals surface area contributed by atoms with Crippen molar-refractivity contribution < 1.29 is 19.1 Å². The van der Waals surface area contributed by atoms with Crippen LogP contribution in [-0.4, -0.2) is 17.7 Å². The van der Waals surface area contributed by atoms with Crippen molar-refractivity contribution in [1.82, 2.24) is 0 Å². The topological polar surface area (TPSA) is 52.6 Å². The fraction of sp³-hybridized carbons (Fsp3) is 0.417. The molecule has 1 aliphatic rings. The second-order valence-electron chi connectivity index (χ2n) is 8.15. The van der Waals surface area contributed by atoms with Crippen molar-refractivity contribution in [1.29, 1.82) is 0 Å². The summed E-state index contributed by atoms with van der Waals surface area (Å²) in [6, 6.07) is 17.7. The van der Waals surface area contributed by atoms with Crippen LogP contribution >= 0.6 is 0 Å². The molecule has 0 amide bonds. The average molecular weight is 380 g/mol. The number of cyclic esters (lactones) is 2. The first-order valence-corrected chi connectivity index (χ1v) is 9.85. The Balaban J connectivity index is 1.95. The minimum absolute atomic E-state index is 0.245. The van der Waals surface area contributed by atoms with E-state index in [0.29, 0.717) is 5.92 Å². The summed E-state index contributed by atoms with van der Waals surface area (Å²) in [6.45, 7) is 7.50. The van der Waals surface area contributed by atoms with Gasteiger partial charge in [-0.2, -0.15) is 0 Å². The van der Waals surface area contributed by atoms with Gasteiger partial charge in [-0.25, -0.2) is 0 Å². The lowest BCUT2D eigenvalue weighted by Gasteiger charge is -2.40. The fourth-order valence-electron chi connectivity index (χ4n) is 3.59. The summed E-state index contributed by atoms with van der Waals surface area (Å²) >= 11 is 0. The first kappa shape index (κ1) is 20.1. The number of hydrogen-bond donors (Lipinski definition) is 0. The van der Waals surface area contributed by atoms with E-state index in [1.165, 1.54) is 5.56 Å². The first-order valence-electron chi connectivity index (χ1n) is 9.85. The zero-order valence-corrected chi connectivity index (χ0v) is 17.0. The zero-order chi connectivity index (χ0) is 20.4. The summed E-state index contributed by atoms with van der Waals surface area (Å²) in [5, 5.41) is 0. The second kappa shape index (κ2) is 7.78. The highest BCUT2D eigenvalue weighted by Crippen LogP contribution is 2.38. The highest BCUT2D eigenvalue weighted by atomic mass is 16.7. The Bertz CT molecular complexity index is 817. The molecule has 0 saturated carbocycles. The number of hydrogen-bond acceptors (Lipinski definition) is 4. The molecule has 1 aliphatic heterocycles. The lowest BCUT2D eigenvalue weighted by atomic mass is 9.75. The molecule has 0 bridgehead atoms. The van der Waals surface area contributed by atoms with Crippen molar-refractivity contribution in [3.05, 3.63) is 71.3 Å². The number of esters is 2. The van der Waals surface area contributed by atoms with Gasteiger partial charge in [-0.1, -0.05) is 68.4 Å². The lowest BCUT2D eigenvalue weighted by molar-refractivity contribution is -0.251. The van der Waals surface area contributed by atoms with Gasteiger partial charge < -0.3 is 9.47 Å². The Morgan fingerprint density at radius 3 is 1.82 bits per heavy atom. The number of carbonyl (C=O) groups excluding carboxylic acids is 2. The molecule has 0 spiro atoms. The molecule has 0 aromatic heterocycles. The molecular weight excluding hydrogens is 352 g/mol. The van der Waals surface area contributed by atoms with Crippen LogP contribution in [0, 0.1) is 5.41 Å². The van der Waals surface area contributed by atoms with Crippen LogP contribution in [0.5, 0.6) is 0 Å². The van der Waals surface area contributed by atoms with E-state index >= 15 is 0 Å². The molecule has 3 rings (SSSR count). The molecule has 148 valence electrons. The summed E-state index contributed by atoms with van der Waals surface area (Å²) in [4.78, 5) is 26.1. The predicted molar refractivity (Wildman–Crippen MR) is 108 cm³/mol. The van der Waals surface area contributed by atoms with Crippen LogP contribution in [0.1, 0.15) is 56.7 Å². The van der Waals surface area contributed by atoms with Crippen LogP contribution < -0.4 is 0 Å². The van der Waals surface area contributed by atoms with E-state index in [2.05, 4.69) is 26.0 Å². The van der Waals surface area contributed by atoms with Crippen molar-refractivity contribution in [2.24, 2.45) is 5.41 Å². The monoisotopic (exact) mass is 380 g/mol. The van der Waals surface area contributed by atoms with Crippen molar-refractivity contribution in [2.75, 3.05) is 0 Å². The van der Waals surface area contributed by atoms with Crippen molar-refractivity contribution >= 4 is 11.9 Å². The van der Waals surface area contributed by atoms with Gasteiger partial charge in [0.05, 0.1) is 0 Å². The predicted octanol–water partition coefficient (Wildman–Crippen LogP) is 4.81. The van der Waals surface area contributed by atoms with E-state index in [0.717, 1.165) is 17.5 Å². The molecule has 0 radical (unpaired) electrons. The van der Waals surface area contributed by atoms with Gasteiger partial charge in [-0.15, -0.1) is 0 Å². The third kappa shape index (κ3) is 4.11. The van der Waals surface area contributed by atoms with Crippen LogP contribution in [0.25, 0.3) is 0 Å². The Morgan fingerprint density at radius 2 is 1.32 bits per heavy atom. The number of ether oxygens (including phenoxy) is 2. The Hall–Kier alpha value is -2.62. The van der Waals surface area contributed by atoms with Gasteiger partial charge in [0.2, 0.25) is 0 Å². The molecule has 0 N–H and O–H groups in total. The minimum Gasteiger partial charge on any atom is -0.422 e. The molecule has 1 unspecified atom stereocenters. The average Bonchev–Trinajstić information content (AvgIpc) is 2.66. The lowest BCUT2D eigenvalue weighted by Crippen LogP contribution is -2.56. The van der Waals surface area contributed by atoms with Gasteiger partial charge in [-0.3, -0.25) is 9.59 Å². The van der Waals surface area contributed by atoms with Gasteiger partial charge in [0.15, 0.2) is 5.41 Å². The highest BCUT2D eigenvalue weighted by molar-refractivity contribution is 6.02. The molecule has 1 heterocycles. The zero-order valence-electron chi connectivity index (χ0n) is 17.0. The smallest absolute Gasteiger partial charge is 0.327 e. The summed E-state index contributed by atoms with van der Waals surface area (Å²) in [6.07, 6.45) is 1.55. The molecule has 1 saturated heterocycles. The van der Waals surface area contributed by atoms with Gasteiger partial charge in [0.1, 0.15) is 0 Å². The molecule has 4 heteroatoms. The molecule has 28 heavy (non-hydrogen) atoms. The third-order valence-corrected chi connectivity index (χ3v) is 5.47. The largest absolute Gasteiger partial charge is 0.422 e. The van der Waals surface area contributed by atoms with Gasteiger partial charge in [0, 0.05) is 13.8 Å². The first-order chi connectivity index (χ1) is 13.3. The minimum atomic E-state index is -1.38. The standard InChI is InChI=1S/C24H28O4/c1-5-17(2)20-13-11-19(12-14-20)16-24(15-18-9-7-6-8-10-18)21(25)27-23(3,4)28-22(24)26/h6-14,17H,5,15-16H2,1-4H3. The highest BCUT2D eigenvalue weighted by Gasteiger charge is 2.56. The van der Waals surface area contributed by atoms with E-state index in [1.807, 2.05) is 42.5 Å². The molecule has 1 atom stereocenters. The van der Waals surface area contributed by atoms with E-state index in [4.69, 9.17) is 9.47 Å². The fourth-order valence-corrected chi connectivity index (χ4v) is 3.59. The van der Waals surface area contributed by atoms with E-state index in [-0.39, 0.29) is 12.8 Å². The van der Waals surface area contributed by atoms with E-state index in [9.17, 15) is 9.59 Å². The maximum Gasteiger partial charge on any atom is 0.327 e. The van der Waals surface area contributed by atoms with Crippen molar-refractivity contribution in [3.63, 3.8) is 0 Å². The van der Waals surface area contributed by atoms with Gasteiger partial charge in [0.25, 0.3) is 5.79 Å². The van der Waals surface area contributed by atoms with E-state index in [1.54, 1.807) is 13.8 Å². The summed E-state index contributed by atoms with van der Waals surface area (Å²) < 4.78 is 11.0. The van der Waals surface area contributed by atoms with Crippen LogP contribution in [0.2, 0.25) is 0 Å². The van der Waals surface area contributed by atoms with Crippen LogP contribution in [0.4, 0.5) is 0 Å². The maximum absolute atomic E-state index is 13.0. The van der Waals surface area contributed by atoms with Crippen molar-refractivity contribution in [2.45, 2.75) is 58.7 Å². The summed E-state index contributed by atoms with van der Waals surface area (Å²) in [5.74, 6) is -1.82. The molecular formula is C24H28O4. The van der Waals surface area contributed by atoms with Crippen LogP contribution in [0.3, 0.4) is 0 Å². The van der Waals surface area contributed by atoms with E-state index < -0.39 is 23.1 Å². The molecule has 1 fully saturated rings. The summed E-state index contributed by atoms with van der Waals surface area (Å²) in [7, 11) is 0. The molecule has 2 aromatic carbocycles. The Labute approximate surface area is 166 Å². The number of carbonyl (C=O) groups is 2. The molecule has 2 aromatic rings. The Morgan fingerprint density at radius 1 is 0.821 bits per heavy atom. The second-order valence-corrected chi connectivity index (χ2v) is 8.15. The summed E-state index contributed by atoms with van der Waals surface area (Å²) in [5.41, 5.74) is 1.68. The maximum atomic E-state index is 13.0. The van der Waals surface area contributed by atoms with Gasteiger partial charge in [-0.05, 0) is 41.9 Å². The quantitative estimate of drug-likeness (QED) is 0.533. The number of rotatable bonds is 6. The van der Waals surface area contributed by atoms with Crippen molar-refractivity contribution in [3.8, 4) is 0 Å². The van der Waals surface area contributed by atoms with Gasteiger partial charge >= 0.3 is 11.9 Å². The SMILES string of the molecule is CCC(C)c1ccc(CC2(Cc3ccccc3)C(=O)OC(C)(C)OC2=O)cc1. The normalized spacial score (nSPS) is 18.9. The Kier molecular flexibility index (Phi) is 5.59. The third-order valence-electron chi connectivity index (χ3n) is 5.47. The molecule has 4 nitrogen and oxygen atoms in total. The molecule has 0 aliphatic carbocycles.